The number of aliphatic hydroxyl groups is 1. The van der Waals surface area contributed by atoms with Gasteiger partial charge in [0.25, 0.3) is 5.56 Å². The first-order valence-corrected chi connectivity index (χ1v) is 15.2. The van der Waals surface area contributed by atoms with Crippen molar-refractivity contribution in [1.29, 1.82) is 0 Å². The topological polar surface area (TPSA) is 102 Å². The number of benzene rings is 1. The molecule has 4 fully saturated rings. The SMILES string of the molecule is CC1(C)CNC(c2ccc(-n3c(Cl)cc4c(=O)n(CC5(O)CCN(C(=O)C6(C7CC7)CC6)CC5)cnc43)cc2)CO1. The Morgan fingerprint density at radius 2 is 1.85 bits per heavy atom. The number of nitrogens with zero attached hydrogens (tertiary/aromatic N) is 4. The van der Waals surface area contributed by atoms with Crippen LogP contribution in [0.1, 0.15) is 64.0 Å². The fourth-order valence-corrected chi connectivity index (χ4v) is 7.07. The Labute approximate surface area is 244 Å². The van der Waals surface area contributed by atoms with E-state index < -0.39 is 5.60 Å². The van der Waals surface area contributed by atoms with Gasteiger partial charge in [-0.15, -0.1) is 0 Å². The fraction of sp³-hybridized carbons (Fsp3) is 0.581. The highest BCUT2D eigenvalue weighted by atomic mass is 35.5. The average Bonchev–Trinajstić information content (AvgIpc) is 3.87. The molecule has 4 aliphatic rings. The molecule has 9 nitrogen and oxygen atoms in total. The van der Waals surface area contributed by atoms with Crippen molar-refractivity contribution < 1.29 is 14.6 Å². The number of nitrogens with one attached hydrogen (secondary N) is 1. The molecule has 1 unspecified atom stereocenters. The predicted octanol–water partition coefficient (Wildman–Crippen LogP) is 3.82. The van der Waals surface area contributed by atoms with Crippen LogP contribution in [0.25, 0.3) is 16.7 Å². The smallest absolute Gasteiger partial charge is 0.262 e. The second-order valence-electron chi connectivity index (χ2n) is 13.3. The van der Waals surface area contributed by atoms with E-state index in [-0.39, 0.29) is 35.1 Å². The van der Waals surface area contributed by atoms with Crippen LogP contribution in [0.5, 0.6) is 0 Å². The Morgan fingerprint density at radius 1 is 1.15 bits per heavy atom. The number of carbonyl (C=O) groups excluding carboxylic acids is 1. The van der Waals surface area contributed by atoms with E-state index in [1.807, 2.05) is 29.2 Å². The van der Waals surface area contributed by atoms with Crippen molar-refractivity contribution in [1.82, 2.24) is 24.3 Å². The van der Waals surface area contributed by atoms with Crippen LogP contribution in [-0.2, 0) is 16.1 Å². The molecule has 2 aromatic heterocycles. The molecule has 0 spiro atoms. The van der Waals surface area contributed by atoms with Crippen molar-refractivity contribution in [3.63, 3.8) is 0 Å². The van der Waals surface area contributed by atoms with E-state index in [0.29, 0.717) is 54.6 Å². The maximum atomic E-state index is 13.5. The number of amides is 1. The third-order valence-electron chi connectivity index (χ3n) is 9.73. The molecule has 41 heavy (non-hydrogen) atoms. The molecule has 10 heteroatoms. The van der Waals surface area contributed by atoms with Gasteiger partial charge in [-0.2, -0.15) is 0 Å². The zero-order valence-corrected chi connectivity index (χ0v) is 24.5. The second-order valence-corrected chi connectivity index (χ2v) is 13.6. The molecule has 3 aromatic rings. The van der Waals surface area contributed by atoms with Crippen LogP contribution in [0, 0.1) is 11.3 Å². The third-order valence-corrected chi connectivity index (χ3v) is 10.0. The zero-order chi connectivity index (χ0) is 28.6. The molecule has 218 valence electrons. The lowest BCUT2D eigenvalue weighted by molar-refractivity contribution is -0.142. The van der Waals surface area contributed by atoms with Gasteiger partial charge in [0.1, 0.15) is 11.5 Å². The number of rotatable bonds is 6. The minimum Gasteiger partial charge on any atom is -0.388 e. The number of hydrogen-bond acceptors (Lipinski definition) is 6. The van der Waals surface area contributed by atoms with E-state index in [9.17, 15) is 14.7 Å². The zero-order valence-electron chi connectivity index (χ0n) is 23.7. The number of carbonyl (C=O) groups is 1. The summed E-state index contributed by atoms with van der Waals surface area (Å²) in [5.41, 5.74) is 0.822. The molecule has 2 saturated heterocycles. The summed E-state index contributed by atoms with van der Waals surface area (Å²) in [4.78, 5) is 33.2. The van der Waals surface area contributed by atoms with Crippen LogP contribution >= 0.6 is 11.6 Å². The quantitative estimate of drug-likeness (QED) is 0.460. The highest BCUT2D eigenvalue weighted by Crippen LogP contribution is 2.62. The van der Waals surface area contributed by atoms with Gasteiger partial charge in [0.15, 0.2) is 5.65 Å². The molecule has 0 radical (unpaired) electrons. The van der Waals surface area contributed by atoms with Crippen LogP contribution in [-0.4, -0.2) is 67.5 Å². The van der Waals surface area contributed by atoms with Crippen molar-refractivity contribution in [3.05, 3.63) is 57.7 Å². The highest BCUT2D eigenvalue weighted by Gasteiger charge is 2.60. The number of morpholine rings is 1. The predicted molar refractivity (Wildman–Crippen MR) is 156 cm³/mol. The summed E-state index contributed by atoms with van der Waals surface area (Å²) >= 11 is 6.64. The number of halogens is 1. The minimum atomic E-state index is -1.07. The monoisotopic (exact) mass is 579 g/mol. The summed E-state index contributed by atoms with van der Waals surface area (Å²) in [6.07, 6.45) is 6.74. The molecule has 2 saturated carbocycles. The first-order chi connectivity index (χ1) is 19.6. The minimum absolute atomic E-state index is 0.105. The highest BCUT2D eigenvalue weighted by molar-refractivity contribution is 6.31. The maximum absolute atomic E-state index is 13.5. The van der Waals surface area contributed by atoms with Gasteiger partial charge < -0.3 is 20.1 Å². The summed E-state index contributed by atoms with van der Waals surface area (Å²) < 4.78 is 9.22. The molecule has 2 N–H and O–H groups in total. The Hall–Kier alpha value is -2.72. The van der Waals surface area contributed by atoms with Crippen molar-refractivity contribution in [2.24, 2.45) is 11.3 Å². The Morgan fingerprint density at radius 3 is 2.46 bits per heavy atom. The Balaban J connectivity index is 1.06. The van der Waals surface area contributed by atoms with Crippen LogP contribution < -0.4 is 10.9 Å². The summed E-state index contributed by atoms with van der Waals surface area (Å²) in [7, 11) is 0. The van der Waals surface area contributed by atoms with E-state index in [1.165, 1.54) is 23.7 Å². The molecule has 2 aliphatic carbocycles. The molecular weight excluding hydrogens is 542 g/mol. The van der Waals surface area contributed by atoms with Gasteiger partial charge in [-0.25, -0.2) is 4.98 Å². The molecule has 1 amide bonds. The van der Waals surface area contributed by atoms with Gasteiger partial charge in [-0.3, -0.25) is 18.7 Å². The van der Waals surface area contributed by atoms with Crippen molar-refractivity contribution in [2.45, 2.75) is 76.2 Å². The van der Waals surface area contributed by atoms with E-state index in [0.717, 1.165) is 30.6 Å². The molecule has 0 bridgehead atoms. The molecule has 1 aromatic carbocycles. The Kier molecular flexibility index (Phi) is 6.39. The summed E-state index contributed by atoms with van der Waals surface area (Å²) in [6, 6.07) is 9.79. The molecule has 1 atom stereocenters. The number of fused-ring (bicyclic) bond motifs is 1. The lowest BCUT2D eigenvalue weighted by Gasteiger charge is -2.39. The lowest BCUT2D eigenvalue weighted by Crippen LogP contribution is -2.51. The van der Waals surface area contributed by atoms with E-state index in [1.54, 1.807) is 10.6 Å². The normalized spacial score (nSPS) is 24.9. The van der Waals surface area contributed by atoms with Crippen molar-refractivity contribution in [3.8, 4) is 5.69 Å². The standard InChI is InChI=1S/C31H38ClN5O4/c1-29(2)17-33-24(16-41-29)20-3-7-22(8-4-20)37-25(32)15-23-26(37)34-19-36(27(23)38)18-30(40)11-13-35(14-12-30)28(39)31(9-10-31)21-5-6-21/h3-4,7-8,15,19,21,24,33,40H,5-6,9-14,16-18H2,1-2H3. The van der Waals surface area contributed by atoms with Crippen molar-refractivity contribution >= 4 is 28.5 Å². The van der Waals surface area contributed by atoms with Gasteiger partial charge in [0.2, 0.25) is 5.91 Å². The molecule has 7 rings (SSSR count). The van der Waals surface area contributed by atoms with E-state index in [2.05, 4.69) is 24.1 Å². The van der Waals surface area contributed by atoms with Gasteiger partial charge in [0.05, 0.1) is 41.2 Å². The van der Waals surface area contributed by atoms with Crippen LogP contribution in [0.15, 0.2) is 41.5 Å². The number of hydrogen-bond donors (Lipinski definition) is 2. The maximum Gasteiger partial charge on any atom is 0.262 e. The molecule has 2 aliphatic heterocycles. The number of ether oxygens (including phenoxy) is 1. The summed E-state index contributed by atoms with van der Waals surface area (Å²) in [5.74, 6) is 0.846. The number of piperidine rings is 1. The molecular formula is C31H38ClN5O4. The van der Waals surface area contributed by atoms with Crippen LogP contribution in [0.3, 0.4) is 0 Å². The van der Waals surface area contributed by atoms with Gasteiger partial charge >= 0.3 is 0 Å². The number of likely N-dealkylation sites (tertiary alicyclic amines) is 1. The first kappa shape index (κ1) is 27.1. The lowest BCUT2D eigenvalue weighted by atomic mass is 9.89. The van der Waals surface area contributed by atoms with Gasteiger partial charge in [0, 0.05) is 25.3 Å². The summed E-state index contributed by atoms with van der Waals surface area (Å²) in [5, 5.41) is 15.7. The van der Waals surface area contributed by atoms with E-state index >= 15 is 0 Å². The Bertz CT molecular complexity index is 1530. The molecule has 4 heterocycles. The van der Waals surface area contributed by atoms with Gasteiger partial charge in [-0.1, -0.05) is 23.7 Å². The first-order valence-electron chi connectivity index (χ1n) is 14.8. The van der Waals surface area contributed by atoms with Gasteiger partial charge in [-0.05, 0) is 82.1 Å². The summed E-state index contributed by atoms with van der Waals surface area (Å²) in [6.45, 7) is 6.70. The average molecular weight is 580 g/mol. The van der Waals surface area contributed by atoms with Crippen LogP contribution in [0.4, 0.5) is 0 Å². The second kappa shape index (κ2) is 9.66. The largest absolute Gasteiger partial charge is 0.388 e. The van der Waals surface area contributed by atoms with E-state index in [4.69, 9.17) is 16.3 Å². The fourth-order valence-electron chi connectivity index (χ4n) is 6.79. The van der Waals surface area contributed by atoms with Crippen molar-refractivity contribution in [2.75, 3.05) is 26.2 Å². The third kappa shape index (κ3) is 4.90. The number of aromatic nitrogens is 3. The van der Waals surface area contributed by atoms with Crippen LogP contribution in [0.2, 0.25) is 5.15 Å².